The summed E-state index contributed by atoms with van der Waals surface area (Å²) in [5.74, 6) is -2.31. The summed E-state index contributed by atoms with van der Waals surface area (Å²) in [6, 6.07) is 7.91. The maximum atomic E-state index is 13.5. The molecule has 2 aromatic carbocycles. The van der Waals surface area contributed by atoms with Crippen molar-refractivity contribution in [1.29, 1.82) is 0 Å². The summed E-state index contributed by atoms with van der Waals surface area (Å²) in [6.07, 6.45) is -4.57. The van der Waals surface area contributed by atoms with Gasteiger partial charge >= 0.3 is 6.18 Å². The molecule has 0 saturated carbocycles. The lowest BCUT2D eigenvalue weighted by molar-refractivity contribution is -0.165. The number of benzene rings is 2. The van der Waals surface area contributed by atoms with Gasteiger partial charge in [0.1, 0.15) is 5.82 Å². The molecule has 1 unspecified atom stereocenters. The van der Waals surface area contributed by atoms with Gasteiger partial charge in [-0.2, -0.15) is 17.5 Å². The smallest absolute Gasteiger partial charge is 0.341 e. The molecule has 1 aliphatic rings. The molecule has 0 aliphatic carbocycles. The normalized spacial score (nSPS) is 17.3. The van der Waals surface area contributed by atoms with Crippen LogP contribution in [0, 0.1) is 11.7 Å². The van der Waals surface area contributed by atoms with E-state index in [-0.39, 0.29) is 41.4 Å². The van der Waals surface area contributed by atoms with Crippen molar-refractivity contribution < 1.29 is 30.8 Å². The molecule has 5 nitrogen and oxygen atoms in total. The standard InChI is InChI=1S/C20H19ClF4N2O3S/c21-16-12-15(6-7-17(16)22)31(29,30)27-10-8-14(9-11-27)19(28)26-18(20(23,24)25)13-4-2-1-3-5-13/h1-7,12,14,18H,8-11H2,(H,26,28). The topological polar surface area (TPSA) is 66.5 Å². The molecule has 0 bridgehead atoms. The van der Waals surface area contributed by atoms with Crippen LogP contribution in [-0.2, 0) is 14.8 Å². The number of alkyl halides is 3. The Morgan fingerprint density at radius 1 is 1.10 bits per heavy atom. The van der Waals surface area contributed by atoms with Gasteiger partial charge in [-0.3, -0.25) is 4.79 Å². The Bertz CT molecular complexity index is 1040. The highest BCUT2D eigenvalue weighted by Crippen LogP contribution is 2.34. The predicted molar refractivity (Wildman–Crippen MR) is 106 cm³/mol. The fourth-order valence-corrected chi connectivity index (χ4v) is 5.15. The highest BCUT2D eigenvalue weighted by molar-refractivity contribution is 7.89. The van der Waals surface area contributed by atoms with Crippen LogP contribution in [0.4, 0.5) is 17.6 Å². The van der Waals surface area contributed by atoms with Gasteiger partial charge in [-0.05, 0) is 36.6 Å². The minimum atomic E-state index is -4.68. The van der Waals surface area contributed by atoms with E-state index in [1.54, 1.807) is 6.07 Å². The maximum absolute atomic E-state index is 13.5. The molecule has 1 amide bonds. The summed E-state index contributed by atoms with van der Waals surface area (Å²) in [4.78, 5) is 12.3. The largest absolute Gasteiger partial charge is 0.412 e. The number of sulfonamides is 1. The van der Waals surface area contributed by atoms with Crippen molar-refractivity contribution in [2.24, 2.45) is 5.92 Å². The summed E-state index contributed by atoms with van der Waals surface area (Å²) in [5, 5.41) is 1.71. The number of hydrogen-bond donors (Lipinski definition) is 1. The third-order valence-electron chi connectivity index (χ3n) is 5.10. The summed E-state index contributed by atoms with van der Waals surface area (Å²) >= 11 is 5.66. The van der Waals surface area contributed by atoms with Crippen molar-refractivity contribution in [3.63, 3.8) is 0 Å². The fraction of sp³-hybridized carbons (Fsp3) is 0.350. The average Bonchev–Trinajstić information content (AvgIpc) is 2.73. The molecule has 0 spiro atoms. The molecule has 1 atom stereocenters. The van der Waals surface area contributed by atoms with E-state index in [4.69, 9.17) is 11.6 Å². The molecule has 2 aromatic rings. The lowest BCUT2D eigenvalue weighted by Gasteiger charge is -2.32. The summed E-state index contributed by atoms with van der Waals surface area (Å²) in [5.41, 5.74) is -0.0865. The van der Waals surface area contributed by atoms with Gasteiger partial charge in [0.05, 0.1) is 9.92 Å². The van der Waals surface area contributed by atoms with Gasteiger partial charge in [0.15, 0.2) is 6.04 Å². The van der Waals surface area contributed by atoms with Gasteiger partial charge < -0.3 is 5.32 Å². The van der Waals surface area contributed by atoms with E-state index < -0.39 is 39.9 Å². The third-order valence-corrected chi connectivity index (χ3v) is 7.28. The highest BCUT2D eigenvalue weighted by atomic mass is 35.5. The van der Waals surface area contributed by atoms with Crippen LogP contribution >= 0.6 is 11.6 Å². The molecule has 3 rings (SSSR count). The Morgan fingerprint density at radius 3 is 2.26 bits per heavy atom. The molecular formula is C20H19ClF4N2O3S. The van der Waals surface area contributed by atoms with Crippen molar-refractivity contribution in [1.82, 2.24) is 9.62 Å². The van der Waals surface area contributed by atoms with Crippen LogP contribution in [0.25, 0.3) is 0 Å². The van der Waals surface area contributed by atoms with E-state index in [2.05, 4.69) is 5.32 Å². The molecule has 1 saturated heterocycles. The Kier molecular flexibility index (Phi) is 6.92. The Hall–Kier alpha value is -2.17. The quantitative estimate of drug-likeness (QED) is 0.652. The molecule has 31 heavy (non-hydrogen) atoms. The van der Waals surface area contributed by atoms with Crippen molar-refractivity contribution in [2.45, 2.75) is 30.0 Å². The zero-order chi connectivity index (χ0) is 22.8. The number of nitrogens with one attached hydrogen (secondary N) is 1. The second kappa shape index (κ2) is 9.13. The molecule has 0 radical (unpaired) electrons. The molecule has 168 valence electrons. The molecular weight excluding hydrogens is 460 g/mol. The first-order chi connectivity index (χ1) is 14.5. The van der Waals surface area contributed by atoms with Gasteiger partial charge in [0, 0.05) is 19.0 Å². The molecule has 1 fully saturated rings. The second-order valence-electron chi connectivity index (χ2n) is 7.15. The Labute approximate surface area is 182 Å². The summed E-state index contributed by atoms with van der Waals surface area (Å²) in [7, 11) is -3.97. The number of carbonyl (C=O) groups excluding carboxylic acids is 1. The molecule has 1 heterocycles. The monoisotopic (exact) mass is 478 g/mol. The number of piperidine rings is 1. The number of rotatable bonds is 5. The summed E-state index contributed by atoms with van der Waals surface area (Å²) < 4.78 is 80.2. The molecule has 11 heteroatoms. The second-order valence-corrected chi connectivity index (χ2v) is 9.49. The first-order valence-corrected chi connectivity index (χ1v) is 11.2. The van der Waals surface area contributed by atoms with Gasteiger partial charge in [0.25, 0.3) is 0 Å². The fourth-order valence-electron chi connectivity index (χ4n) is 3.40. The van der Waals surface area contributed by atoms with Crippen molar-refractivity contribution in [3.05, 3.63) is 64.9 Å². The first-order valence-electron chi connectivity index (χ1n) is 9.37. The Morgan fingerprint density at radius 2 is 1.71 bits per heavy atom. The first kappa shape index (κ1) is 23.5. The number of nitrogens with zero attached hydrogens (tertiary/aromatic N) is 1. The number of halogens is 5. The lowest BCUT2D eigenvalue weighted by atomic mass is 9.96. The minimum absolute atomic E-state index is 0.0549. The predicted octanol–water partition coefficient (Wildman–Crippen LogP) is 4.30. The van der Waals surface area contributed by atoms with Crippen LogP contribution in [-0.4, -0.2) is 37.9 Å². The van der Waals surface area contributed by atoms with E-state index in [1.807, 2.05) is 0 Å². The zero-order valence-corrected chi connectivity index (χ0v) is 17.6. The van der Waals surface area contributed by atoms with Gasteiger partial charge in [0.2, 0.25) is 15.9 Å². The SMILES string of the molecule is O=C(NC(c1ccccc1)C(F)(F)F)C1CCN(S(=O)(=O)c2ccc(F)c(Cl)c2)CC1. The number of carbonyl (C=O) groups is 1. The zero-order valence-electron chi connectivity index (χ0n) is 16.1. The third kappa shape index (κ3) is 5.36. The summed E-state index contributed by atoms with van der Waals surface area (Å²) in [6.45, 7) is -0.116. The maximum Gasteiger partial charge on any atom is 0.412 e. The van der Waals surface area contributed by atoms with Crippen molar-refractivity contribution >= 4 is 27.5 Å². The van der Waals surface area contributed by atoms with Crippen molar-refractivity contribution in [3.8, 4) is 0 Å². The van der Waals surface area contributed by atoms with Crippen LogP contribution in [0.1, 0.15) is 24.4 Å². The molecule has 1 aliphatic heterocycles. The molecule has 1 N–H and O–H groups in total. The highest BCUT2D eigenvalue weighted by Gasteiger charge is 2.43. The Balaban J connectivity index is 1.67. The van der Waals surface area contributed by atoms with E-state index in [1.165, 1.54) is 24.3 Å². The van der Waals surface area contributed by atoms with E-state index >= 15 is 0 Å². The average molecular weight is 479 g/mol. The minimum Gasteiger partial charge on any atom is -0.341 e. The van der Waals surface area contributed by atoms with Gasteiger partial charge in [-0.15, -0.1) is 0 Å². The number of amides is 1. The number of hydrogen-bond acceptors (Lipinski definition) is 3. The van der Waals surface area contributed by atoms with E-state index in [0.717, 1.165) is 22.5 Å². The van der Waals surface area contributed by atoms with Crippen LogP contribution in [0.5, 0.6) is 0 Å². The van der Waals surface area contributed by atoms with E-state index in [9.17, 15) is 30.8 Å². The van der Waals surface area contributed by atoms with Crippen LogP contribution in [0.2, 0.25) is 5.02 Å². The van der Waals surface area contributed by atoms with Crippen LogP contribution in [0.3, 0.4) is 0 Å². The lowest BCUT2D eigenvalue weighted by Crippen LogP contribution is -2.46. The van der Waals surface area contributed by atoms with Crippen molar-refractivity contribution in [2.75, 3.05) is 13.1 Å². The van der Waals surface area contributed by atoms with E-state index in [0.29, 0.717) is 0 Å². The van der Waals surface area contributed by atoms with Gasteiger partial charge in [-0.25, -0.2) is 12.8 Å². The van der Waals surface area contributed by atoms with Crippen LogP contribution in [0.15, 0.2) is 53.4 Å². The molecule has 0 aromatic heterocycles. The van der Waals surface area contributed by atoms with Crippen LogP contribution < -0.4 is 5.32 Å². The van der Waals surface area contributed by atoms with Gasteiger partial charge in [-0.1, -0.05) is 41.9 Å².